The molecule has 0 aromatic heterocycles. The van der Waals surface area contributed by atoms with E-state index in [-0.39, 0.29) is 35.7 Å². The molecule has 4 rings (SSSR count). The van der Waals surface area contributed by atoms with Gasteiger partial charge >= 0.3 is 0 Å². The third kappa shape index (κ3) is 3.57. The van der Waals surface area contributed by atoms with Crippen molar-refractivity contribution in [1.82, 2.24) is 15.1 Å². The lowest BCUT2D eigenvalue weighted by Crippen LogP contribution is -2.58. The van der Waals surface area contributed by atoms with Gasteiger partial charge in [0.25, 0.3) is 0 Å². The number of likely N-dealkylation sites (tertiary alicyclic amines) is 1. The Labute approximate surface area is 165 Å². The maximum absolute atomic E-state index is 13.3. The molecule has 0 bridgehead atoms. The van der Waals surface area contributed by atoms with Gasteiger partial charge in [0, 0.05) is 37.2 Å². The molecule has 1 aromatic carbocycles. The molecule has 0 spiro atoms. The summed E-state index contributed by atoms with van der Waals surface area (Å²) in [5.74, 6) is 0.364. The summed E-state index contributed by atoms with van der Waals surface area (Å²) < 4.78 is 0. The van der Waals surface area contributed by atoms with E-state index in [0.717, 1.165) is 50.9 Å². The number of benzene rings is 1. The van der Waals surface area contributed by atoms with Crippen LogP contribution in [0.3, 0.4) is 0 Å². The number of carbonyl (C=O) groups excluding carboxylic acids is 2. The number of nitrogens with zero attached hydrogens (tertiary/aromatic N) is 2. The average Bonchev–Trinajstić information content (AvgIpc) is 3.44. The smallest absolute Gasteiger partial charge is 0.236 e. The van der Waals surface area contributed by atoms with E-state index in [2.05, 4.69) is 5.32 Å². The van der Waals surface area contributed by atoms with Crippen LogP contribution < -0.4 is 5.32 Å². The lowest BCUT2D eigenvalue weighted by Gasteiger charge is -2.42. The number of amides is 2. The van der Waals surface area contributed by atoms with E-state index < -0.39 is 0 Å². The molecule has 26 heavy (non-hydrogen) atoms. The Balaban J connectivity index is 0.00000196. The van der Waals surface area contributed by atoms with E-state index in [1.165, 1.54) is 0 Å². The summed E-state index contributed by atoms with van der Waals surface area (Å²) in [7, 11) is 0. The maximum Gasteiger partial charge on any atom is 0.236 e. The molecule has 1 saturated carbocycles. The fraction of sp³-hybridized carbons (Fsp3) is 0.579. The Morgan fingerprint density at radius 3 is 2.77 bits per heavy atom. The zero-order valence-electron chi connectivity index (χ0n) is 14.7. The summed E-state index contributed by atoms with van der Waals surface area (Å²) in [6.07, 6.45) is 3.72. The summed E-state index contributed by atoms with van der Waals surface area (Å²) in [6, 6.07) is 7.86. The highest BCUT2D eigenvalue weighted by atomic mass is 35.5. The second kappa shape index (κ2) is 7.75. The number of piperazine rings is 1. The molecule has 3 aliphatic rings. The van der Waals surface area contributed by atoms with E-state index in [1.54, 1.807) is 0 Å². The van der Waals surface area contributed by atoms with Crippen LogP contribution >= 0.6 is 24.0 Å². The molecule has 7 heteroatoms. The minimum atomic E-state index is -0.389. The van der Waals surface area contributed by atoms with Gasteiger partial charge < -0.3 is 15.1 Å². The van der Waals surface area contributed by atoms with Gasteiger partial charge in [0.15, 0.2) is 0 Å². The first-order valence-electron chi connectivity index (χ1n) is 9.16. The molecule has 3 fully saturated rings. The van der Waals surface area contributed by atoms with Gasteiger partial charge in [-0.3, -0.25) is 9.59 Å². The number of carbonyl (C=O) groups is 2. The van der Waals surface area contributed by atoms with Gasteiger partial charge in [-0.1, -0.05) is 23.7 Å². The van der Waals surface area contributed by atoms with Gasteiger partial charge in [-0.2, -0.15) is 0 Å². The third-order valence-electron chi connectivity index (χ3n) is 5.79. The number of rotatable bonds is 3. The Morgan fingerprint density at radius 2 is 2.08 bits per heavy atom. The SMILES string of the molecule is Cl.O=C1CNCCN1C1CCCN(C(=O)C2(c3cccc(Cl)c3)CC2)C1. The van der Waals surface area contributed by atoms with E-state index in [9.17, 15) is 9.59 Å². The molecule has 2 saturated heterocycles. The number of piperidine rings is 1. The first kappa shape index (κ1) is 19.5. The molecular weight excluding hydrogens is 373 g/mol. The Bertz CT molecular complexity index is 693. The summed E-state index contributed by atoms with van der Waals surface area (Å²) >= 11 is 6.13. The van der Waals surface area contributed by atoms with Crippen molar-refractivity contribution in [2.24, 2.45) is 0 Å². The van der Waals surface area contributed by atoms with Crippen LogP contribution in [0, 0.1) is 0 Å². The lowest BCUT2D eigenvalue weighted by atomic mass is 9.92. The van der Waals surface area contributed by atoms with Crippen LogP contribution in [0.2, 0.25) is 5.02 Å². The van der Waals surface area contributed by atoms with Gasteiger partial charge in [-0.15, -0.1) is 12.4 Å². The summed E-state index contributed by atoms with van der Waals surface area (Å²) in [5.41, 5.74) is 0.644. The van der Waals surface area contributed by atoms with Crippen molar-refractivity contribution < 1.29 is 9.59 Å². The van der Waals surface area contributed by atoms with Gasteiger partial charge in [-0.25, -0.2) is 0 Å². The van der Waals surface area contributed by atoms with E-state index in [4.69, 9.17) is 11.6 Å². The fourth-order valence-corrected chi connectivity index (χ4v) is 4.43. The Kier molecular flexibility index (Phi) is 5.80. The largest absolute Gasteiger partial charge is 0.340 e. The average molecular weight is 398 g/mol. The highest BCUT2D eigenvalue weighted by molar-refractivity contribution is 6.30. The molecule has 2 amide bonds. The van der Waals surface area contributed by atoms with Crippen molar-refractivity contribution in [1.29, 1.82) is 0 Å². The Morgan fingerprint density at radius 1 is 1.27 bits per heavy atom. The van der Waals surface area contributed by atoms with Gasteiger partial charge in [0.2, 0.25) is 11.8 Å². The highest BCUT2D eigenvalue weighted by Gasteiger charge is 2.53. The predicted molar refractivity (Wildman–Crippen MR) is 104 cm³/mol. The quantitative estimate of drug-likeness (QED) is 0.850. The first-order chi connectivity index (χ1) is 12.1. The standard InChI is InChI=1S/C19H24ClN3O2.ClH/c20-15-4-1-3-14(11-15)19(6-7-19)18(25)22-9-2-5-16(13-22)23-10-8-21-12-17(23)24;/h1,3-4,11,16,21H,2,5-10,12-13H2;1H. The molecule has 1 atom stereocenters. The van der Waals surface area contributed by atoms with Crippen LogP contribution in [0.5, 0.6) is 0 Å². The normalized spacial score (nSPS) is 24.8. The molecule has 2 heterocycles. The van der Waals surface area contributed by atoms with Gasteiger partial charge in [-0.05, 0) is 43.4 Å². The predicted octanol–water partition coefficient (Wildman–Crippen LogP) is 2.22. The zero-order chi connectivity index (χ0) is 17.4. The number of nitrogens with one attached hydrogen (secondary N) is 1. The highest BCUT2D eigenvalue weighted by Crippen LogP contribution is 2.50. The monoisotopic (exact) mass is 397 g/mol. The van der Waals surface area contributed by atoms with E-state index >= 15 is 0 Å². The van der Waals surface area contributed by atoms with Gasteiger partial charge in [0.1, 0.15) is 0 Å². The Hall–Kier alpha value is -1.30. The number of hydrogen-bond acceptors (Lipinski definition) is 3. The molecule has 2 aliphatic heterocycles. The van der Waals surface area contributed by atoms with E-state index in [0.29, 0.717) is 18.1 Å². The van der Waals surface area contributed by atoms with Crippen molar-refractivity contribution in [3.63, 3.8) is 0 Å². The lowest BCUT2D eigenvalue weighted by molar-refractivity contribution is -0.141. The minimum Gasteiger partial charge on any atom is -0.340 e. The summed E-state index contributed by atoms with van der Waals surface area (Å²) in [6.45, 7) is 3.44. The first-order valence-corrected chi connectivity index (χ1v) is 9.53. The molecule has 1 aromatic rings. The molecule has 142 valence electrons. The van der Waals surface area contributed by atoms with Crippen LogP contribution in [0.1, 0.15) is 31.2 Å². The molecule has 1 aliphatic carbocycles. The van der Waals surface area contributed by atoms with Crippen LogP contribution in [-0.2, 0) is 15.0 Å². The van der Waals surface area contributed by atoms with Gasteiger partial charge in [0.05, 0.1) is 12.0 Å². The number of halogens is 2. The van der Waals surface area contributed by atoms with Crippen molar-refractivity contribution in [3.8, 4) is 0 Å². The molecule has 1 unspecified atom stereocenters. The second-order valence-electron chi connectivity index (χ2n) is 7.40. The zero-order valence-corrected chi connectivity index (χ0v) is 16.3. The summed E-state index contributed by atoms with van der Waals surface area (Å²) in [5, 5.41) is 3.79. The van der Waals surface area contributed by atoms with Crippen molar-refractivity contribution in [2.75, 3.05) is 32.7 Å². The molecule has 0 radical (unpaired) electrons. The molecular formula is C19H25Cl2N3O2. The minimum absolute atomic E-state index is 0. The van der Waals surface area contributed by atoms with Crippen molar-refractivity contribution in [3.05, 3.63) is 34.9 Å². The van der Waals surface area contributed by atoms with Crippen LogP contribution in [0.15, 0.2) is 24.3 Å². The number of hydrogen-bond donors (Lipinski definition) is 1. The summed E-state index contributed by atoms with van der Waals surface area (Å²) in [4.78, 5) is 29.4. The second-order valence-corrected chi connectivity index (χ2v) is 7.84. The molecule has 5 nitrogen and oxygen atoms in total. The van der Waals surface area contributed by atoms with Crippen molar-refractivity contribution in [2.45, 2.75) is 37.1 Å². The van der Waals surface area contributed by atoms with Crippen molar-refractivity contribution >= 4 is 35.8 Å². The molecule has 1 N–H and O–H groups in total. The van der Waals surface area contributed by atoms with E-state index in [1.807, 2.05) is 34.1 Å². The maximum atomic E-state index is 13.3. The van der Waals surface area contributed by atoms with Crippen LogP contribution in [0.25, 0.3) is 0 Å². The third-order valence-corrected chi connectivity index (χ3v) is 6.02. The fourth-order valence-electron chi connectivity index (χ4n) is 4.24. The van der Waals surface area contributed by atoms with Crippen LogP contribution in [-0.4, -0.2) is 60.4 Å². The van der Waals surface area contributed by atoms with Crippen LogP contribution in [0.4, 0.5) is 0 Å². The topological polar surface area (TPSA) is 52.7 Å².